The first kappa shape index (κ1) is 24.6. The van der Waals surface area contributed by atoms with Gasteiger partial charge in [0.2, 0.25) is 5.91 Å². The zero-order valence-electron chi connectivity index (χ0n) is 20.7. The fourth-order valence-corrected chi connectivity index (χ4v) is 4.76. The molecule has 0 aliphatic carbocycles. The van der Waals surface area contributed by atoms with Crippen molar-refractivity contribution < 1.29 is 14.3 Å². The molecule has 188 valence electrons. The van der Waals surface area contributed by atoms with Crippen LogP contribution in [-0.2, 0) is 4.79 Å². The third-order valence-electron chi connectivity index (χ3n) is 6.66. The summed E-state index contributed by atoms with van der Waals surface area (Å²) in [5, 5.41) is 12.7. The number of rotatable bonds is 6. The van der Waals surface area contributed by atoms with E-state index in [2.05, 4.69) is 32.9 Å². The van der Waals surface area contributed by atoms with Crippen LogP contribution in [0.15, 0.2) is 73.8 Å². The Labute approximate surface area is 219 Å². The van der Waals surface area contributed by atoms with E-state index in [-0.39, 0.29) is 17.6 Å². The second-order valence-electron chi connectivity index (χ2n) is 8.91. The van der Waals surface area contributed by atoms with Gasteiger partial charge in [0, 0.05) is 36.8 Å². The highest BCUT2D eigenvalue weighted by Crippen LogP contribution is 2.36. The summed E-state index contributed by atoms with van der Waals surface area (Å²) in [6.45, 7) is 4.86. The van der Waals surface area contributed by atoms with E-state index in [0.717, 1.165) is 34.0 Å². The van der Waals surface area contributed by atoms with Gasteiger partial charge in [-0.15, -0.1) is 0 Å². The van der Waals surface area contributed by atoms with E-state index in [1.807, 2.05) is 24.3 Å². The molecule has 38 heavy (non-hydrogen) atoms. The average Bonchev–Trinajstić information content (AvgIpc) is 3.46. The van der Waals surface area contributed by atoms with Crippen LogP contribution in [0.4, 0.5) is 5.82 Å². The van der Waals surface area contributed by atoms with Crippen LogP contribution in [0.2, 0.25) is 0 Å². The highest BCUT2D eigenvalue weighted by atomic mass is 16.5. The minimum Gasteiger partial charge on any atom is -0.496 e. The Bertz CT molecular complexity index is 1610. The van der Waals surface area contributed by atoms with Crippen LogP contribution in [-0.4, -0.2) is 51.9 Å². The first-order valence-corrected chi connectivity index (χ1v) is 12.0. The Hall–Kier alpha value is -5.10. The van der Waals surface area contributed by atoms with Crippen LogP contribution >= 0.6 is 0 Å². The van der Waals surface area contributed by atoms with Crippen molar-refractivity contribution in [3.63, 3.8) is 0 Å². The third kappa shape index (κ3) is 4.80. The molecule has 0 bridgehead atoms. The number of nitrogens with one attached hydrogen (secondary N) is 1. The van der Waals surface area contributed by atoms with E-state index in [1.165, 1.54) is 31.8 Å². The van der Waals surface area contributed by atoms with Gasteiger partial charge in [0.05, 0.1) is 29.8 Å². The molecular formula is C29H24N6O3. The van der Waals surface area contributed by atoms with Crippen molar-refractivity contribution >= 4 is 28.5 Å². The summed E-state index contributed by atoms with van der Waals surface area (Å²) in [6, 6.07) is 14.6. The molecule has 5 rings (SSSR count). The second kappa shape index (κ2) is 10.5. The summed E-state index contributed by atoms with van der Waals surface area (Å²) in [6.07, 6.45) is 6.94. The molecular weight excluding hydrogens is 480 g/mol. The van der Waals surface area contributed by atoms with Gasteiger partial charge in [0.25, 0.3) is 5.91 Å². The van der Waals surface area contributed by atoms with Gasteiger partial charge < -0.3 is 15.0 Å². The first-order valence-electron chi connectivity index (χ1n) is 12.0. The number of aromatic nitrogens is 3. The molecule has 3 heterocycles. The fourth-order valence-electron chi connectivity index (χ4n) is 4.76. The number of nitrogens with zero attached hydrogens (tertiary/aromatic N) is 5. The van der Waals surface area contributed by atoms with Crippen molar-refractivity contribution in [3.8, 4) is 22.9 Å². The number of carbonyl (C=O) groups is 2. The molecule has 1 unspecified atom stereocenters. The topological polar surface area (TPSA) is 121 Å². The molecule has 9 nitrogen and oxygen atoms in total. The summed E-state index contributed by atoms with van der Waals surface area (Å²) in [5.74, 6) is 0.322. The second-order valence-corrected chi connectivity index (χ2v) is 8.91. The summed E-state index contributed by atoms with van der Waals surface area (Å²) in [7, 11) is 1.51. The molecule has 0 saturated carbocycles. The maximum atomic E-state index is 13.0. The lowest BCUT2D eigenvalue weighted by atomic mass is 9.91. The summed E-state index contributed by atoms with van der Waals surface area (Å²) < 4.78 is 5.57. The molecule has 1 fully saturated rings. The molecule has 9 heteroatoms. The number of nitriles is 1. The minimum absolute atomic E-state index is 0.0734. The highest BCUT2D eigenvalue weighted by molar-refractivity contribution is 6.06. The predicted molar refractivity (Wildman–Crippen MR) is 143 cm³/mol. The van der Waals surface area contributed by atoms with E-state index >= 15 is 0 Å². The SMILES string of the molecule is C=CC(=O)N1CCC(c2cc(-c3ccc(C(=O)Nc4cc(C#N)ccn4)c(OC)c3)cc3cncnc23)C1. The number of methoxy groups -OCH3 is 1. The minimum atomic E-state index is -0.401. The monoisotopic (exact) mass is 504 g/mol. The summed E-state index contributed by atoms with van der Waals surface area (Å²) in [5.41, 5.74) is 4.41. The molecule has 2 amide bonds. The van der Waals surface area contributed by atoms with Crippen LogP contribution in [0, 0.1) is 11.3 Å². The average molecular weight is 505 g/mol. The van der Waals surface area contributed by atoms with E-state index < -0.39 is 5.91 Å². The van der Waals surface area contributed by atoms with E-state index in [1.54, 1.807) is 23.2 Å². The first-order chi connectivity index (χ1) is 18.5. The van der Waals surface area contributed by atoms with Crippen LogP contribution in [0.5, 0.6) is 5.75 Å². The van der Waals surface area contributed by atoms with Crippen molar-refractivity contribution in [2.45, 2.75) is 12.3 Å². The highest BCUT2D eigenvalue weighted by Gasteiger charge is 2.28. The molecule has 0 radical (unpaired) electrons. The van der Waals surface area contributed by atoms with Gasteiger partial charge in [0.15, 0.2) is 0 Å². The van der Waals surface area contributed by atoms with Crippen molar-refractivity contribution in [2.75, 3.05) is 25.5 Å². The van der Waals surface area contributed by atoms with Crippen LogP contribution in [0.3, 0.4) is 0 Å². The zero-order valence-corrected chi connectivity index (χ0v) is 20.7. The molecule has 2 aromatic carbocycles. The molecule has 0 spiro atoms. The van der Waals surface area contributed by atoms with E-state index in [9.17, 15) is 9.59 Å². The fraction of sp³-hybridized carbons (Fsp3) is 0.172. The maximum absolute atomic E-state index is 13.0. The number of benzene rings is 2. The van der Waals surface area contributed by atoms with Gasteiger partial charge in [0.1, 0.15) is 17.9 Å². The lowest BCUT2D eigenvalue weighted by Gasteiger charge is -2.17. The largest absolute Gasteiger partial charge is 0.496 e. The maximum Gasteiger partial charge on any atom is 0.260 e. The quantitative estimate of drug-likeness (QED) is 0.388. The Morgan fingerprint density at radius 3 is 2.84 bits per heavy atom. The molecule has 1 atom stereocenters. The number of ether oxygens (including phenoxy) is 1. The lowest BCUT2D eigenvalue weighted by Crippen LogP contribution is -2.26. The summed E-state index contributed by atoms with van der Waals surface area (Å²) >= 11 is 0. The normalized spacial score (nSPS) is 14.6. The molecule has 1 aliphatic heterocycles. The van der Waals surface area contributed by atoms with Crippen LogP contribution in [0.1, 0.15) is 33.8 Å². The van der Waals surface area contributed by atoms with Crippen molar-refractivity contribution in [1.29, 1.82) is 5.26 Å². The Morgan fingerprint density at radius 1 is 1.18 bits per heavy atom. The molecule has 1 aliphatic rings. The molecule has 2 aromatic heterocycles. The zero-order chi connectivity index (χ0) is 26.6. The third-order valence-corrected chi connectivity index (χ3v) is 6.66. The van der Waals surface area contributed by atoms with Gasteiger partial charge in [-0.05, 0) is 65.6 Å². The Kier molecular flexibility index (Phi) is 6.78. The van der Waals surface area contributed by atoms with Gasteiger partial charge >= 0.3 is 0 Å². The van der Waals surface area contributed by atoms with Gasteiger partial charge in [-0.1, -0.05) is 12.6 Å². The van der Waals surface area contributed by atoms with Gasteiger partial charge in [-0.25, -0.2) is 15.0 Å². The predicted octanol–water partition coefficient (Wildman–Crippen LogP) is 4.33. The number of pyridine rings is 1. The number of hydrogen-bond acceptors (Lipinski definition) is 7. The molecule has 1 N–H and O–H groups in total. The number of hydrogen-bond donors (Lipinski definition) is 1. The van der Waals surface area contributed by atoms with E-state index in [0.29, 0.717) is 30.0 Å². The number of anilines is 1. The van der Waals surface area contributed by atoms with Crippen LogP contribution in [0.25, 0.3) is 22.0 Å². The van der Waals surface area contributed by atoms with Crippen molar-refractivity contribution in [3.05, 3.63) is 90.5 Å². The lowest BCUT2D eigenvalue weighted by molar-refractivity contribution is -0.125. The van der Waals surface area contributed by atoms with E-state index in [4.69, 9.17) is 10.00 Å². The number of likely N-dealkylation sites (tertiary alicyclic amines) is 1. The summed E-state index contributed by atoms with van der Waals surface area (Å²) in [4.78, 5) is 39.8. The molecule has 4 aromatic rings. The van der Waals surface area contributed by atoms with Gasteiger partial charge in [-0.2, -0.15) is 5.26 Å². The van der Waals surface area contributed by atoms with Crippen LogP contribution < -0.4 is 10.1 Å². The number of amides is 2. The standard InChI is InChI=1S/C29H24N6O3/c1-3-27(36)35-9-7-20(16-35)24-12-21(11-22-15-31-17-33-28(22)24)19-4-5-23(25(13-19)38-2)29(37)34-26-10-18(14-30)6-8-32-26/h3-6,8,10-13,15,17,20H,1,7,9,16H2,2H3,(H,32,34,37). The van der Waals surface area contributed by atoms with Crippen molar-refractivity contribution in [1.82, 2.24) is 19.9 Å². The smallest absolute Gasteiger partial charge is 0.260 e. The van der Waals surface area contributed by atoms with Crippen molar-refractivity contribution in [2.24, 2.45) is 0 Å². The number of carbonyl (C=O) groups excluding carboxylic acids is 2. The Morgan fingerprint density at radius 2 is 2.05 bits per heavy atom. The van der Waals surface area contributed by atoms with Gasteiger partial charge in [-0.3, -0.25) is 9.59 Å². The molecule has 1 saturated heterocycles. The Balaban J connectivity index is 1.49. The number of fused-ring (bicyclic) bond motifs is 1.